The van der Waals surface area contributed by atoms with Gasteiger partial charge in [-0.1, -0.05) is 37.5 Å². The van der Waals surface area contributed by atoms with Gasteiger partial charge in [0.15, 0.2) is 0 Å². The van der Waals surface area contributed by atoms with Crippen molar-refractivity contribution in [2.45, 2.75) is 76.9 Å². The summed E-state index contributed by atoms with van der Waals surface area (Å²) in [5, 5.41) is 13.7. The van der Waals surface area contributed by atoms with Gasteiger partial charge in [0.1, 0.15) is 17.5 Å². The van der Waals surface area contributed by atoms with Crippen LogP contribution in [0.25, 0.3) is 10.9 Å². The van der Waals surface area contributed by atoms with Crippen LogP contribution in [0.5, 0.6) is 0 Å². The first-order chi connectivity index (χ1) is 16.2. The number of carbonyl (C=O) groups excluding carboxylic acids is 2. The predicted molar refractivity (Wildman–Crippen MR) is 131 cm³/mol. The number of hydrogen-bond acceptors (Lipinski definition) is 5. The molecule has 1 saturated carbocycles. The molecular formula is C25H34N6O3. The molecule has 0 unspecified atom stereocenters. The lowest BCUT2D eigenvalue weighted by Gasteiger charge is -2.23. The fraction of sp³-hybridized carbons (Fsp3) is 0.520. The van der Waals surface area contributed by atoms with Gasteiger partial charge in [-0.15, -0.1) is 5.10 Å². The first-order valence-electron chi connectivity index (χ1n) is 12.0. The molecule has 9 heteroatoms. The van der Waals surface area contributed by atoms with E-state index in [1.165, 1.54) is 19.3 Å². The molecule has 1 fully saturated rings. The second-order valence-corrected chi connectivity index (χ2v) is 10.1. The third kappa shape index (κ3) is 5.76. The van der Waals surface area contributed by atoms with E-state index in [-0.39, 0.29) is 5.95 Å². The number of hydrogen-bond donors (Lipinski definition) is 3. The molecule has 1 aromatic carbocycles. The SMILES string of the molecule is Cn1cc(C[C@@H](NC(=O)OC(C)(C)C)C(=O)Nc2n[nH]c(C3CCCCC3)n2)c2ccccc21. The number of para-hydroxylation sites is 1. The number of nitrogens with one attached hydrogen (secondary N) is 3. The van der Waals surface area contributed by atoms with E-state index >= 15 is 0 Å². The molecule has 9 nitrogen and oxygen atoms in total. The summed E-state index contributed by atoms with van der Waals surface area (Å²) in [6.45, 7) is 5.35. The minimum absolute atomic E-state index is 0.222. The highest BCUT2D eigenvalue weighted by Crippen LogP contribution is 2.30. The van der Waals surface area contributed by atoms with Crippen LogP contribution in [0.4, 0.5) is 10.7 Å². The molecule has 0 radical (unpaired) electrons. The van der Waals surface area contributed by atoms with Gasteiger partial charge in [-0.05, 0) is 45.2 Å². The van der Waals surface area contributed by atoms with Crippen molar-refractivity contribution in [2.75, 3.05) is 5.32 Å². The van der Waals surface area contributed by atoms with Crippen molar-refractivity contribution >= 4 is 28.9 Å². The van der Waals surface area contributed by atoms with Crippen molar-refractivity contribution in [1.82, 2.24) is 25.1 Å². The molecule has 2 aromatic heterocycles. The topological polar surface area (TPSA) is 114 Å². The van der Waals surface area contributed by atoms with Gasteiger partial charge in [0.25, 0.3) is 0 Å². The maximum absolute atomic E-state index is 13.3. The smallest absolute Gasteiger partial charge is 0.408 e. The average Bonchev–Trinajstić information content (AvgIpc) is 3.37. The largest absolute Gasteiger partial charge is 0.444 e. The van der Waals surface area contributed by atoms with Crippen molar-refractivity contribution in [1.29, 1.82) is 0 Å². The van der Waals surface area contributed by atoms with Crippen molar-refractivity contribution in [3.63, 3.8) is 0 Å². The monoisotopic (exact) mass is 466 g/mol. The van der Waals surface area contributed by atoms with Crippen molar-refractivity contribution in [2.24, 2.45) is 7.05 Å². The molecule has 3 aromatic rings. The van der Waals surface area contributed by atoms with E-state index in [9.17, 15) is 9.59 Å². The number of nitrogens with zero attached hydrogens (tertiary/aromatic N) is 3. The zero-order valence-electron chi connectivity index (χ0n) is 20.4. The Morgan fingerprint density at radius 2 is 1.94 bits per heavy atom. The lowest BCUT2D eigenvalue weighted by molar-refractivity contribution is -0.118. The quantitative estimate of drug-likeness (QED) is 0.498. The summed E-state index contributed by atoms with van der Waals surface area (Å²) in [6, 6.07) is 7.11. The van der Waals surface area contributed by atoms with E-state index in [1.807, 2.05) is 42.1 Å². The molecule has 0 aliphatic heterocycles. The Balaban J connectivity index is 1.52. The number of anilines is 1. The number of carbonyl (C=O) groups is 2. The molecule has 0 bridgehead atoms. The molecule has 2 amide bonds. The molecule has 182 valence electrons. The van der Waals surface area contributed by atoms with Gasteiger partial charge in [0, 0.05) is 36.5 Å². The molecular weight excluding hydrogens is 432 g/mol. The second kappa shape index (κ2) is 9.87. The first-order valence-corrected chi connectivity index (χ1v) is 12.0. The van der Waals surface area contributed by atoms with Gasteiger partial charge in [-0.3, -0.25) is 15.2 Å². The van der Waals surface area contributed by atoms with Crippen molar-refractivity contribution in [3.05, 3.63) is 41.9 Å². The summed E-state index contributed by atoms with van der Waals surface area (Å²) in [5.74, 6) is 0.978. The minimum atomic E-state index is -0.864. The molecule has 4 rings (SSSR count). The number of aromatic amines is 1. The molecule has 1 atom stereocenters. The zero-order chi connectivity index (χ0) is 24.3. The number of fused-ring (bicyclic) bond motifs is 1. The molecule has 0 spiro atoms. The van der Waals surface area contributed by atoms with Gasteiger partial charge in [0.2, 0.25) is 11.9 Å². The minimum Gasteiger partial charge on any atom is -0.444 e. The normalized spacial score (nSPS) is 15.8. The number of benzene rings is 1. The zero-order valence-corrected chi connectivity index (χ0v) is 20.4. The number of rotatable bonds is 6. The van der Waals surface area contributed by atoms with Crippen LogP contribution in [0.1, 0.15) is 70.2 Å². The highest BCUT2D eigenvalue weighted by Gasteiger charge is 2.27. The molecule has 3 N–H and O–H groups in total. The van der Waals surface area contributed by atoms with Gasteiger partial charge in [0.05, 0.1) is 0 Å². The Kier molecular flexibility index (Phi) is 6.90. The fourth-order valence-electron chi connectivity index (χ4n) is 4.55. The van der Waals surface area contributed by atoms with Crippen LogP contribution in [0.3, 0.4) is 0 Å². The van der Waals surface area contributed by atoms with Crippen LogP contribution < -0.4 is 10.6 Å². The van der Waals surface area contributed by atoms with E-state index in [1.54, 1.807) is 20.8 Å². The number of alkyl carbamates (subject to hydrolysis) is 1. The maximum Gasteiger partial charge on any atom is 0.408 e. The third-order valence-electron chi connectivity index (χ3n) is 6.14. The van der Waals surface area contributed by atoms with Gasteiger partial charge >= 0.3 is 6.09 Å². The molecule has 2 heterocycles. The van der Waals surface area contributed by atoms with Gasteiger partial charge in [-0.2, -0.15) is 4.98 Å². The highest BCUT2D eigenvalue weighted by molar-refractivity contribution is 5.96. The van der Waals surface area contributed by atoms with E-state index in [0.29, 0.717) is 12.3 Å². The van der Waals surface area contributed by atoms with E-state index < -0.39 is 23.6 Å². The first kappa shape index (κ1) is 23.8. The van der Waals surface area contributed by atoms with Crippen LogP contribution in [0.2, 0.25) is 0 Å². The van der Waals surface area contributed by atoms with Crippen molar-refractivity contribution in [3.8, 4) is 0 Å². The summed E-state index contributed by atoms with van der Waals surface area (Å²) in [4.78, 5) is 30.3. The van der Waals surface area contributed by atoms with Gasteiger partial charge in [-0.25, -0.2) is 4.79 Å². The number of H-pyrrole nitrogens is 1. The number of ether oxygens (including phenoxy) is 1. The van der Waals surface area contributed by atoms with Crippen LogP contribution in [0.15, 0.2) is 30.5 Å². The predicted octanol–water partition coefficient (Wildman–Crippen LogP) is 4.42. The highest BCUT2D eigenvalue weighted by atomic mass is 16.6. The summed E-state index contributed by atoms with van der Waals surface area (Å²) < 4.78 is 7.42. The van der Waals surface area contributed by atoms with Crippen LogP contribution >= 0.6 is 0 Å². The summed E-state index contributed by atoms with van der Waals surface area (Å²) in [5.41, 5.74) is 1.33. The number of aromatic nitrogens is 4. The molecule has 1 aliphatic rings. The molecule has 34 heavy (non-hydrogen) atoms. The van der Waals surface area contributed by atoms with E-state index in [4.69, 9.17) is 4.74 Å². The summed E-state index contributed by atoms with van der Waals surface area (Å²) >= 11 is 0. The summed E-state index contributed by atoms with van der Waals surface area (Å²) in [6.07, 6.45) is 7.40. The fourth-order valence-corrected chi connectivity index (χ4v) is 4.55. The van der Waals surface area contributed by atoms with Crippen molar-refractivity contribution < 1.29 is 14.3 Å². The van der Waals surface area contributed by atoms with E-state index in [2.05, 4.69) is 25.8 Å². The maximum atomic E-state index is 13.3. The third-order valence-corrected chi connectivity index (χ3v) is 6.14. The number of amides is 2. The Morgan fingerprint density at radius 3 is 2.68 bits per heavy atom. The van der Waals surface area contributed by atoms with E-state index in [0.717, 1.165) is 35.1 Å². The average molecular weight is 467 g/mol. The molecule has 0 saturated heterocycles. The number of aryl methyl sites for hydroxylation is 1. The second-order valence-electron chi connectivity index (χ2n) is 10.1. The Bertz CT molecular complexity index is 1150. The Labute approximate surface area is 199 Å². The van der Waals surface area contributed by atoms with Crippen LogP contribution in [-0.2, 0) is 23.0 Å². The van der Waals surface area contributed by atoms with Crippen LogP contribution in [-0.4, -0.2) is 43.4 Å². The lowest BCUT2D eigenvalue weighted by atomic mass is 9.89. The Morgan fingerprint density at radius 1 is 1.21 bits per heavy atom. The Hall–Kier alpha value is -3.36. The molecule has 1 aliphatic carbocycles. The van der Waals surface area contributed by atoms with Gasteiger partial charge < -0.3 is 14.6 Å². The lowest BCUT2D eigenvalue weighted by Crippen LogP contribution is -2.47. The summed E-state index contributed by atoms with van der Waals surface area (Å²) in [7, 11) is 1.96. The standard InChI is InChI=1S/C25H34N6O3/c1-25(2,3)34-24(33)26-19(14-17-15-31(4)20-13-9-8-12-18(17)20)22(32)28-23-27-21(29-30-23)16-10-6-5-7-11-16/h8-9,12-13,15-16,19H,5-7,10-11,14H2,1-4H3,(H,26,33)(H2,27,28,29,30,32)/t19-/m1/s1. The van der Waals surface area contributed by atoms with Crippen LogP contribution in [0, 0.1) is 0 Å².